The molecule has 4 nitrogen and oxygen atoms in total. The topological polar surface area (TPSA) is 63.2 Å². The molecule has 0 saturated carbocycles. The van der Waals surface area contributed by atoms with Crippen LogP contribution in [0.1, 0.15) is 27.7 Å². The summed E-state index contributed by atoms with van der Waals surface area (Å²) in [4.78, 5) is 34.3. The number of hydrogen-bond donors (Lipinski definition) is 1. The fourth-order valence-corrected chi connectivity index (χ4v) is 1.50. The number of hydrogen-bond acceptors (Lipinski definition) is 3. The van der Waals surface area contributed by atoms with Crippen LogP contribution in [0.2, 0.25) is 0 Å². The SMILES string of the molecule is C[C@@H]1C(=O)NC(=O)[C@H]1C(=O)C(C)(C)C. The molecule has 1 saturated heterocycles. The molecular formula is C10H15NO3. The van der Waals surface area contributed by atoms with Crippen molar-refractivity contribution in [1.82, 2.24) is 5.32 Å². The van der Waals surface area contributed by atoms with Crippen LogP contribution >= 0.6 is 0 Å². The summed E-state index contributed by atoms with van der Waals surface area (Å²) in [6.45, 7) is 6.85. The van der Waals surface area contributed by atoms with Gasteiger partial charge < -0.3 is 0 Å². The van der Waals surface area contributed by atoms with Crippen molar-refractivity contribution in [2.24, 2.45) is 17.3 Å². The second-order valence-electron chi connectivity index (χ2n) is 4.73. The summed E-state index contributed by atoms with van der Waals surface area (Å²) < 4.78 is 0. The van der Waals surface area contributed by atoms with Gasteiger partial charge in [-0.1, -0.05) is 27.7 Å². The van der Waals surface area contributed by atoms with Gasteiger partial charge in [-0.25, -0.2) is 0 Å². The van der Waals surface area contributed by atoms with Crippen LogP contribution in [0.15, 0.2) is 0 Å². The molecule has 0 aromatic heterocycles. The minimum atomic E-state index is -0.803. The molecule has 0 spiro atoms. The van der Waals surface area contributed by atoms with Gasteiger partial charge in [0.05, 0.1) is 5.92 Å². The van der Waals surface area contributed by atoms with E-state index in [0.29, 0.717) is 0 Å². The standard InChI is InChI=1S/C10H15NO3/c1-5-6(7(12)10(2,3)4)9(14)11-8(5)13/h5-6H,1-4H3,(H,11,13,14)/t5-,6+/m0/s1. The average Bonchev–Trinajstić information content (AvgIpc) is 2.24. The zero-order valence-corrected chi connectivity index (χ0v) is 8.88. The van der Waals surface area contributed by atoms with E-state index in [9.17, 15) is 14.4 Å². The molecular weight excluding hydrogens is 182 g/mol. The van der Waals surface area contributed by atoms with E-state index in [2.05, 4.69) is 5.32 Å². The lowest BCUT2D eigenvalue weighted by Crippen LogP contribution is -2.35. The van der Waals surface area contributed by atoms with Crippen LogP contribution in [-0.4, -0.2) is 17.6 Å². The van der Waals surface area contributed by atoms with Crippen LogP contribution in [0, 0.1) is 17.3 Å². The highest BCUT2D eigenvalue weighted by Gasteiger charge is 2.46. The van der Waals surface area contributed by atoms with E-state index in [1.807, 2.05) is 0 Å². The lowest BCUT2D eigenvalue weighted by Gasteiger charge is -2.21. The van der Waals surface area contributed by atoms with Crippen LogP contribution in [-0.2, 0) is 14.4 Å². The van der Waals surface area contributed by atoms with Gasteiger partial charge in [-0.3, -0.25) is 19.7 Å². The van der Waals surface area contributed by atoms with Crippen molar-refractivity contribution in [1.29, 1.82) is 0 Å². The summed E-state index contributed by atoms with van der Waals surface area (Å²) in [5, 5.41) is 2.17. The quantitative estimate of drug-likeness (QED) is 0.492. The third kappa shape index (κ3) is 1.69. The molecule has 1 rings (SSSR count). The minimum absolute atomic E-state index is 0.173. The maximum Gasteiger partial charge on any atom is 0.237 e. The Labute approximate surface area is 83.1 Å². The summed E-state index contributed by atoms with van der Waals surface area (Å²) in [5.74, 6) is -2.31. The monoisotopic (exact) mass is 197 g/mol. The normalized spacial score (nSPS) is 27.7. The van der Waals surface area contributed by atoms with Gasteiger partial charge in [0.1, 0.15) is 5.92 Å². The van der Waals surface area contributed by atoms with E-state index in [0.717, 1.165) is 0 Å². The Bertz CT molecular complexity index is 301. The van der Waals surface area contributed by atoms with Gasteiger partial charge in [-0.15, -0.1) is 0 Å². The highest BCUT2D eigenvalue weighted by atomic mass is 16.2. The summed E-state index contributed by atoms with van der Waals surface area (Å²) in [6.07, 6.45) is 0. The molecule has 0 unspecified atom stereocenters. The zero-order chi connectivity index (χ0) is 11.1. The Kier molecular flexibility index (Phi) is 2.48. The lowest BCUT2D eigenvalue weighted by atomic mass is 9.79. The van der Waals surface area contributed by atoms with Crippen molar-refractivity contribution in [2.75, 3.05) is 0 Å². The number of carbonyl (C=O) groups is 3. The number of Topliss-reactive ketones (excluding diaryl/α,β-unsaturated/α-hetero) is 1. The van der Waals surface area contributed by atoms with Crippen LogP contribution in [0.3, 0.4) is 0 Å². The van der Waals surface area contributed by atoms with Gasteiger partial charge in [-0.05, 0) is 0 Å². The zero-order valence-electron chi connectivity index (χ0n) is 8.88. The smallest absolute Gasteiger partial charge is 0.237 e. The molecule has 2 atom stereocenters. The fraction of sp³-hybridized carbons (Fsp3) is 0.700. The Morgan fingerprint density at radius 3 is 2.00 bits per heavy atom. The average molecular weight is 197 g/mol. The molecule has 0 aromatic carbocycles. The van der Waals surface area contributed by atoms with Crippen molar-refractivity contribution < 1.29 is 14.4 Å². The predicted molar refractivity (Wildman–Crippen MR) is 50.3 cm³/mol. The van der Waals surface area contributed by atoms with E-state index in [4.69, 9.17) is 0 Å². The Hall–Kier alpha value is -1.19. The predicted octanol–water partition coefficient (Wildman–Crippen LogP) is 0.510. The molecule has 0 aromatic rings. The van der Waals surface area contributed by atoms with E-state index >= 15 is 0 Å². The molecule has 0 aliphatic carbocycles. The molecule has 1 fully saturated rings. The molecule has 1 N–H and O–H groups in total. The van der Waals surface area contributed by atoms with Crippen molar-refractivity contribution in [3.8, 4) is 0 Å². The summed E-state index contributed by atoms with van der Waals surface area (Å²) in [5.41, 5.74) is -0.582. The maximum atomic E-state index is 11.8. The summed E-state index contributed by atoms with van der Waals surface area (Å²) in [6, 6.07) is 0. The molecule has 78 valence electrons. The first-order valence-electron chi connectivity index (χ1n) is 4.64. The van der Waals surface area contributed by atoms with Crippen molar-refractivity contribution in [3.63, 3.8) is 0 Å². The molecule has 0 radical (unpaired) electrons. The second-order valence-corrected chi connectivity index (χ2v) is 4.73. The number of imide groups is 1. The van der Waals surface area contributed by atoms with Crippen LogP contribution in [0.4, 0.5) is 0 Å². The van der Waals surface area contributed by atoms with E-state index in [-0.39, 0.29) is 11.7 Å². The molecule has 2 amide bonds. The van der Waals surface area contributed by atoms with Gasteiger partial charge in [0.25, 0.3) is 0 Å². The van der Waals surface area contributed by atoms with E-state index < -0.39 is 23.2 Å². The fourth-order valence-electron chi connectivity index (χ4n) is 1.50. The molecule has 1 heterocycles. The third-order valence-corrected chi connectivity index (χ3v) is 2.46. The van der Waals surface area contributed by atoms with Gasteiger partial charge in [0.2, 0.25) is 11.8 Å². The first-order chi connectivity index (χ1) is 6.25. The molecule has 4 heteroatoms. The van der Waals surface area contributed by atoms with Crippen LogP contribution in [0.5, 0.6) is 0 Å². The Morgan fingerprint density at radius 1 is 1.21 bits per heavy atom. The maximum absolute atomic E-state index is 11.8. The van der Waals surface area contributed by atoms with E-state index in [1.165, 1.54) is 0 Å². The van der Waals surface area contributed by atoms with E-state index in [1.54, 1.807) is 27.7 Å². The number of nitrogens with one attached hydrogen (secondary N) is 1. The van der Waals surface area contributed by atoms with Crippen molar-refractivity contribution >= 4 is 17.6 Å². The molecule has 14 heavy (non-hydrogen) atoms. The molecule has 1 aliphatic rings. The van der Waals surface area contributed by atoms with Gasteiger partial charge in [0.15, 0.2) is 5.78 Å². The largest absolute Gasteiger partial charge is 0.298 e. The molecule has 1 aliphatic heterocycles. The number of carbonyl (C=O) groups excluding carboxylic acids is 3. The first-order valence-corrected chi connectivity index (χ1v) is 4.64. The number of ketones is 1. The third-order valence-electron chi connectivity index (χ3n) is 2.46. The van der Waals surface area contributed by atoms with Crippen LogP contribution in [0.25, 0.3) is 0 Å². The number of amides is 2. The summed E-state index contributed by atoms with van der Waals surface area (Å²) in [7, 11) is 0. The lowest BCUT2D eigenvalue weighted by molar-refractivity contribution is -0.138. The van der Waals surface area contributed by atoms with Gasteiger partial charge in [-0.2, -0.15) is 0 Å². The Morgan fingerprint density at radius 2 is 1.71 bits per heavy atom. The van der Waals surface area contributed by atoms with Crippen molar-refractivity contribution in [3.05, 3.63) is 0 Å². The van der Waals surface area contributed by atoms with Gasteiger partial charge >= 0.3 is 0 Å². The van der Waals surface area contributed by atoms with Crippen LogP contribution < -0.4 is 5.32 Å². The highest BCUT2D eigenvalue weighted by molar-refractivity contribution is 6.16. The highest BCUT2D eigenvalue weighted by Crippen LogP contribution is 2.28. The van der Waals surface area contributed by atoms with Gasteiger partial charge in [0, 0.05) is 5.41 Å². The first kappa shape index (κ1) is 10.9. The van der Waals surface area contributed by atoms with Crippen molar-refractivity contribution in [2.45, 2.75) is 27.7 Å². The molecule has 0 bridgehead atoms. The number of rotatable bonds is 1. The second kappa shape index (κ2) is 3.19. The Balaban J connectivity index is 2.94. The summed E-state index contributed by atoms with van der Waals surface area (Å²) >= 11 is 0. The minimum Gasteiger partial charge on any atom is -0.298 e.